The van der Waals surface area contributed by atoms with E-state index in [4.69, 9.17) is 0 Å². The lowest BCUT2D eigenvalue weighted by Gasteiger charge is -1.93. The van der Waals surface area contributed by atoms with Crippen molar-refractivity contribution in [3.8, 4) is 0 Å². The molecule has 46 valence electrons. The van der Waals surface area contributed by atoms with E-state index < -0.39 is 0 Å². The molecule has 0 radical (unpaired) electrons. The fourth-order valence-corrected chi connectivity index (χ4v) is 0.470. The molecule has 8 heavy (non-hydrogen) atoms. The Morgan fingerprint density at radius 2 is 1.50 bits per heavy atom. The summed E-state index contributed by atoms with van der Waals surface area (Å²) in [6, 6.07) is 0. The molecular formula is C6H12N2. The first kappa shape index (κ1) is 7.34. The Balaban J connectivity index is 3.47. The minimum atomic E-state index is 0.102. The third-order valence-electron chi connectivity index (χ3n) is 0.730. The van der Waals surface area contributed by atoms with Crippen molar-refractivity contribution in [2.45, 2.75) is 26.9 Å². The van der Waals surface area contributed by atoms with Gasteiger partial charge in [-0.3, -0.25) is 9.98 Å². The average Bonchev–Trinajstić information content (AvgIpc) is 1.68. The molecule has 0 aromatic heterocycles. The molecule has 0 spiro atoms. The van der Waals surface area contributed by atoms with Crippen molar-refractivity contribution in [2.24, 2.45) is 9.98 Å². The number of nitrogens with zero attached hydrogens (tertiary/aromatic N) is 2. The molecule has 0 aromatic carbocycles. The summed E-state index contributed by atoms with van der Waals surface area (Å²) in [5.74, 6) is 0. The molecule has 2 heteroatoms. The summed E-state index contributed by atoms with van der Waals surface area (Å²) < 4.78 is 0. The van der Waals surface area contributed by atoms with E-state index in [1.165, 1.54) is 0 Å². The van der Waals surface area contributed by atoms with Crippen LogP contribution in [0.5, 0.6) is 0 Å². The van der Waals surface area contributed by atoms with Gasteiger partial charge in [-0.1, -0.05) is 0 Å². The van der Waals surface area contributed by atoms with Gasteiger partial charge in [-0.05, 0) is 33.2 Å². The van der Waals surface area contributed by atoms with Gasteiger partial charge in [-0.15, -0.1) is 0 Å². The van der Waals surface area contributed by atoms with E-state index in [1.807, 2.05) is 20.8 Å². The number of hydrogen-bond donors (Lipinski definition) is 0. The molecule has 0 saturated heterocycles. The Hall–Kier alpha value is -0.660. The smallest absolute Gasteiger partial charge is 0.135 e. The number of hydrogen-bond acceptors (Lipinski definition) is 2. The molecule has 0 aliphatic carbocycles. The van der Waals surface area contributed by atoms with Crippen LogP contribution in [0.25, 0.3) is 0 Å². The highest BCUT2D eigenvalue weighted by molar-refractivity contribution is 5.55. The van der Waals surface area contributed by atoms with Crippen LogP contribution >= 0.6 is 0 Å². The van der Waals surface area contributed by atoms with Crippen molar-refractivity contribution in [2.75, 3.05) is 0 Å². The van der Waals surface area contributed by atoms with Crippen molar-refractivity contribution in [3.05, 3.63) is 0 Å². The summed E-state index contributed by atoms with van der Waals surface area (Å²) in [6.07, 6.45) is 3.62. The van der Waals surface area contributed by atoms with Crippen LogP contribution in [0.3, 0.4) is 0 Å². The number of rotatable bonds is 2. The highest BCUT2D eigenvalue weighted by atomic mass is 15.0. The predicted molar refractivity (Wildman–Crippen MR) is 37.8 cm³/mol. The minimum Gasteiger partial charge on any atom is -0.271 e. The van der Waals surface area contributed by atoms with Crippen molar-refractivity contribution < 1.29 is 0 Å². The molecule has 0 saturated carbocycles. The van der Waals surface area contributed by atoms with E-state index in [-0.39, 0.29) is 6.17 Å². The zero-order valence-electron chi connectivity index (χ0n) is 5.63. The van der Waals surface area contributed by atoms with Crippen molar-refractivity contribution in [3.63, 3.8) is 0 Å². The largest absolute Gasteiger partial charge is 0.271 e. The fraction of sp³-hybridized carbons (Fsp3) is 0.667. The SMILES string of the molecule is CC=NC(C)N=CC. The summed E-state index contributed by atoms with van der Waals surface area (Å²) in [5, 5.41) is 0. The first-order valence-corrected chi connectivity index (χ1v) is 2.76. The fourth-order valence-electron chi connectivity index (χ4n) is 0.470. The Kier molecular flexibility index (Phi) is 4.13. The van der Waals surface area contributed by atoms with Gasteiger partial charge in [-0.2, -0.15) is 0 Å². The van der Waals surface area contributed by atoms with E-state index in [1.54, 1.807) is 12.4 Å². The van der Waals surface area contributed by atoms with Gasteiger partial charge >= 0.3 is 0 Å². The molecular weight excluding hydrogens is 100 g/mol. The second kappa shape index (κ2) is 4.50. The molecule has 0 aromatic rings. The maximum atomic E-state index is 3.99. The summed E-state index contributed by atoms with van der Waals surface area (Å²) in [4.78, 5) is 7.98. The quantitative estimate of drug-likeness (QED) is 0.484. The molecule has 0 bridgehead atoms. The van der Waals surface area contributed by atoms with E-state index >= 15 is 0 Å². The highest BCUT2D eigenvalue weighted by Gasteiger charge is 1.84. The molecule has 0 fully saturated rings. The molecule has 0 rings (SSSR count). The van der Waals surface area contributed by atoms with E-state index in [0.29, 0.717) is 0 Å². The van der Waals surface area contributed by atoms with Gasteiger partial charge in [0.15, 0.2) is 0 Å². The van der Waals surface area contributed by atoms with Gasteiger partial charge in [0.1, 0.15) is 6.17 Å². The zero-order valence-corrected chi connectivity index (χ0v) is 5.63. The molecule has 0 atom stereocenters. The summed E-state index contributed by atoms with van der Waals surface area (Å²) in [7, 11) is 0. The molecule has 0 aliphatic heterocycles. The standard InChI is InChI=1S/C6H12N2/c1-4-7-6(3)8-5-2/h4-6H,1-3H3. The van der Waals surface area contributed by atoms with Gasteiger partial charge in [0.05, 0.1) is 0 Å². The van der Waals surface area contributed by atoms with Crippen LogP contribution in [0.1, 0.15) is 20.8 Å². The minimum absolute atomic E-state index is 0.102. The molecule has 2 nitrogen and oxygen atoms in total. The van der Waals surface area contributed by atoms with Gasteiger partial charge in [0.2, 0.25) is 0 Å². The van der Waals surface area contributed by atoms with Crippen molar-refractivity contribution in [1.82, 2.24) is 0 Å². The lowest BCUT2D eigenvalue weighted by molar-refractivity contribution is 0.802. The van der Waals surface area contributed by atoms with Gasteiger partial charge in [0.25, 0.3) is 0 Å². The van der Waals surface area contributed by atoms with Crippen LogP contribution in [0, 0.1) is 0 Å². The number of aliphatic imine (C=N–C) groups is 2. The molecule has 0 unspecified atom stereocenters. The second-order valence-electron chi connectivity index (χ2n) is 1.45. The van der Waals surface area contributed by atoms with Crippen molar-refractivity contribution in [1.29, 1.82) is 0 Å². The van der Waals surface area contributed by atoms with Gasteiger partial charge < -0.3 is 0 Å². The first-order valence-electron chi connectivity index (χ1n) is 2.76. The second-order valence-corrected chi connectivity index (χ2v) is 1.45. The van der Waals surface area contributed by atoms with Crippen LogP contribution < -0.4 is 0 Å². The topological polar surface area (TPSA) is 24.7 Å². The normalized spacial score (nSPS) is 15.9. The lowest BCUT2D eigenvalue weighted by Crippen LogP contribution is -1.90. The van der Waals surface area contributed by atoms with E-state index in [0.717, 1.165) is 0 Å². The maximum absolute atomic E-state index is 3.99. The molecule has 0 aliphatic rings. The maximum Gasteiger partial charge on any atom is 0.135 e. The lowest BCUT2D eigenvalue weighted by atomic mass is 10.6. The Morgan fingerprint density at radius 3 is 1.75 bits per heavy atom. The van der Waals surface area contributed by atoms with Crippen LogP contribution in [0.4, 0.5) is 0 Å². The van der Waals surface area contributed by atoms with Crippen LogP contribution in [-0.4, -0.2) is 18.6 Å². The van der Waals surface area contributed by atoms with Crippen molar-refractivity contribution >= 4 is 12.4 Å². The third-order valence-corrected chi connectivity index (χ3v) is 0.730. The summed E-state index contributed by atoms with van der Waals surface area (Å²) in [5.41, 5.74) is 0. The van der Waals surface area contributed by atoms with E-state index in [2.05, 4.69) is 9.98 Å². The highest BCUT2D eigenvalue weighted by Crippen LogP contribution is 1.86. The van der Waals surface area contributed by atoms with Gasteiger partial charge in [0, 0.05) is 0 Å². The zero-order chi connectivity index (χ0) is 6.41. The Labute approximate surface area is 50.4 Å². The molecule has 0 amide bonds. The van der Waals surface area contributed by atoms with Crippen LogP contribution in [0.15, 0.2) is 9.98 Å². The monoisotopic (exact) mass is 112 g/mol. The Morgan fingerprint density at radius 1 is 1.12 bits per heavy atom. The van der Waals surface area contributed by atoms with Crippen LogP contribution in [0.2, 0.25) is 0 Å². The van der Waals surface area contributed by atoms with E-state index in [9.17, 15) is 0 Å². The predicted octanol–water partition coefficient (Wildman–Crippen LogP) is 1.51. The summed E-state index contributed by atoms with van der Waals surface area (Å²) in [6.45, 7) is 5.73. The molecule has 0 heterocycles. The molecule has 0 N–H and O–H groups in total. The summed E-state index contributed by atoms with van der Waals surface area (Å²) >= 11 is 0. The average molecular weight is 112 g/mol. The van der Waals surface area contributed by atoms with Gasteiger partial charge in [-0.25, -0.2) is 0 Å². The van der Waals surface area contributed by atoms with Crippen LogP contribution in [-0.2, 0) is 0 Å². The third kappa shape index (κ3) is 3.53. The Bertz CT molecular complexity index is 82.7. The first-order chi connectivity index (χ1) is 3.81.